The summed E-state index contributed by atoms with van der Waals surface area (Å²) >= 11 is 2.11. The van der Waals surface area contributed by atoms with Gasteiger partial charge in [0.05, 0.1) is 16.2 Å². The normalized spacial score (nSPS) is 19.2. The van der Waals surface area contributed by atoms with Gasteiger partial charge < -0.3 is 25.2 Å². The maximum absolute atomic E-state index is 14.5. The summed E-state index contributed by atoms with van der Waals surface area (Å²) in [5, 5.41) is 23.1. The zero-order valence-electron chi connectivity index (χ0n) is 19.8. The van der Waals surface area contributed by atoms with Crippen LogP contribution in [0.5, 0.6) is 5.75 Å². The maximum atomic E-state index is 14.5. The highest BCUT2D eigenvalue weighted by molar-refractivity contribution is 14.1. The van der Waals surface area contributed by atoms with Crippen LogP contribution in [0.4, 0.5) is 4.39 Å². The molecule has 0 unspecified atom stereocenters. The zero-order chi connectivity index (χ0) is 26.1. The van der Waals surface area contributed by atoms with E-state index < -0.39 is 30.0 Å². The molecule has 0 heterocycles. The van der Waals surface area contributed by atoms with E-state index in [-0.39, 0.29) is 38.4 Å². The van der Waals surface area contributed by atoms with Crippen LogP contribution in [0, 0.1) is 9.39 Å². The van der Waals surface area contributed by atoms with E-state index >= 15 is 0 Å². The number of aliphatic hydroxyl groups is 2. The molecule has 3 rings (SSSR count). The molecule has 1 aliphatic rings. The maximum Gasteiger partial charge on any atom is 0.247 e. The van der Waals surface area contributed by atoms with Crippen LogP contribution >= 0.6 is 22.6 Å². The zero-order valence-corrected chi connectivity index (χ0v) is 21.9. The minimum absolute atomic E-state index is 0.0401. The van der Waals surface area contributed by atoms with Crippen molar-refractivity contribution in [2.24, 2.45) is 0 Å². The van der Waals surface area contributed by atoms with Crippen LogP contribution in [0.2, 0.25) is 0 Å². The van der Waals surface area contributed by atoms with Crippen molar-refractivity contribution in [1.29, 1.82) is 0 Å². The predicted octanol–water partition coefficient (Wildman–Crippen LogP) is 3.34. The number of carbonyl (C=O) groups excluding carboxylic acids is 2. The SMILES string of the molecule is C=CCCC(=O)N(Cc1ccccc1F)[C@@H]1CC(C(=O)NCCO)=C[C@H](Oc2ccccc2I)[C@H]1O. The Kier molecular flexibility index (Phi) is 10.4. The minimum atomic E-state index is -1.19. The summed E-state index contributed by atoms with van der Waals surface area (Å²) in [5.74, 6) is -0.672. The summed E-state index contributed by atoms with van der Waals surface area (Å²) in [7, 11) is 0. The fraction of sp³-hybridized carbons (Fsp3) is 0.333. The number of ether oxygens (including phenoxy) is 1. The second-order valence-electron chi connectivity index (χ2n) is 8.39. The quantitative estimate of drug-likeness (QED) is 0.269. The van der Waals surface area contributed by atoms with E-state index in [1.54, 1.807) is 42.5 Å². The van der Waals surface area contributed by atoms with E-state index in [0.717, 1.165) is 3.57 Å². The van der Waals surface area contributed by atoms with Crippen LogP contribution in [-0.4, -0.2) is 58.3 Å². The first-order chi connectivity index (χ1) is 17.3. The second-order valence-corrected chi connectivity index (χ2v) is 9.55. The first-order valence-electron chi connectivity index (χ1n) is 11.7. The van der Waals surface area contributed by atoms with Gasteiger partial charge in [-0.25, -0.2) is 4.39 Å². The monoisotopic (exact) mass is 608 g/mol. The number of nitrogens with zero attached hydrogens (tertiary/aromatic N) is 1. The molecule has 1 aliphatic carbocycles. The topological polar surface area (TPSA) is 99.1 Å². The molecule has 3 atom stereocenters. The third-order valence-electron chi connectivity index (χ3n) is 5.90. The number of halogens is 2. The average Bonchev–Trinajstić information content (AvgIpc) is 2.88. The number of benzene rings is 2. The van der Waals surface area contributed by atoms with Gasteiger partial charge in [0.2, 0.25) is 11.8 Å². The van der Waals surface area contributed by atoms with Crippen LogP contribution in [-0.2, 0) is 16.1 Å². The number of rotatable bonds is 11. The van der Waals surface area contributed by atoms with E-state index in [1.165, 1.54) is 11.0 Å². The first kappa shape index (κ1) is 27.8. The molecule has 0 aliphatic heterocycles. The number of carbonyl (C=O) groups is 2. The number of hydrogen-bond donors (Lipinski definition) is 3. The van der Waals surface area contributed by atoms with E-state index in [2.05, 4.69) is 34.5 Å². The van der Waals surface area contributed by atoms with E-state index in [4.69, 9.17) is 9.84 Å². The lowest BCUT2D eigenvalue weighted by Crippen LogP contribution is -2.54. The van der Waals surface area contributed by atoms with Gasteiger partial charge in [-0.2, -0.15) is 0 Å². The number of aliphatic hydroxyl groups excluding tert-OH is 2. The van der Waals surface area contributed by atoms with Crippen molar-refractivity contribution in [2.45, 2.75) is 44.1 Å². The van der Waals surface area contributed by atoms with Gasteiger partial charge in [0.25, 0.3) is 0 Å². The van der Waals surface area contributed by atoms with Gasteiger partial charge in [0.15, 0.2) is 0 Å². The van der Waals surface area contributed by atoms with Crippen LogP contribution in [0.25, 0.3) is 0 Å². The lowest BCUT2D eigenvalue weighted by molar-refractivity contribution is -0.139. The van der Waals surface area contributed by atoms with Gasteiger partial charge in [-0.3, -0.25) is 9.59 Å². The van der Waals surface area contributed by atoms with Crippen LogP contribution in [0.3, 0.4) is 0 Å². The molecule has 2 aromatic rings. The number of amides is 2. The molecule has 2 aromatic carbocycles. The van der Waals surface area contributed by atoms with Crippen LogP contribution < -0.4 is 10.1 Å². The Balaban J connectivity index is 1.98. The van der Waals surface area contributed by atoms with Gasteiger partial charge in [-0.1, -0.05) is 36.4 Å². The molecule has 0 spiro atoms. The van der Waals surface area contributed by atoms with E-state index in [0.29, 0.717) is 23.3 Å². The highest BCUT2D eigenvalue weighted by Crippen LogP contribution is 2.31. The van der Waals surface area contributed by atoms with Gasteiger partial charge in [0.1, 0.15) is 23.8 Å². The number of allylic oxidation sites excluding steroid dienone is 1. The third kappa shape index (κ3) is 7.14. The Morgan fingerprint density at radius 1 is 1.22 bits per heavy atom. The molecular weight excluding hydrogens is 578 g/mol. The third-order valence-corrected chi connectivity index (χ3v) is 6.79. The minimum Gasteiger partial charge on any atom is -0.482 e. The molecule has 3 N–H and O–H groups in total. The largest absolute Gasteiger partial charge is 0.482 e. The van der Waals surface area contributed by atoms with Crippen molar-refractivity contribution >= 4 is 34.4 Å². The van der Waals surface area contributed by atoms with Crippen molar-refractivity contribution in [2.75, 3.05) is 13.2 Å². The molecule has 0 radical (unpaired) electrons. The standard InChI is InChI=1S/C27H30FIN2O5/c1-2-3-12-25(33)31(17-18-8-4-5-9-20(18)28)22-15-19(27(35)30-13-14-32)16-24(26(22)34)36-23-11-7-6-10-21(23)29/h2,4-11,16,22,24,26,32,34H,1,3,12-15,17H2,(H,30,35)/t22-,24+,26+/m1/s1. The van der Waals surface area contributed by atoms with E-state index in [1.807, 2.05) is 12.1 Å². The summed E-state index contributed by atoms with van der Waals surface area (Å²) in [4.78, 5) is 27.5. The van der Waals surface area contributed by atoms with Gasteiger partial charge in [-0.05, 0) is 53.3 Å². The number of hydrogen-bond acceptors (Lipinski definition) is 5. The number of nitrogens with one attached hydrogen (secondary N) is 1. The molecule has 0 fully saturated rings. The molecule has 0 aromatic heterocycles. The summed E-state index contributed by atoms with van der Waals surface area (Å²) < 4.78 is 21.5. The predicted molar refractivity (Wildman–Crippen MR) is 143 cm³/mol. The van der Waals surface area contributed by atoms with Gasteiger partial charge >= 0.3 is 0 Å². The molecule has 7 nitrogen and oxygen atoms in total. The molecule has 0 saturated carbocycles. The van der Waals surface area contributed by atoms with Crippen molar-refractivity contribution in [3.05, 3.63) is 87.8 Å². The molecule has 2 amide bonds. The Hall–Kier alpha value is -2.76. The summed E-state index contributed by atoms with van der Waals surface area (Å²) in [5.41, 5.74) is 0.609. The van der Waals surface area contributed by atoms with Gasteiger partial charge in [0, 0.05) is 37.1 Å². The van der Waals surface area contributed by atoms with Crippen LogP contribution in [0.15, 0.2) is 72.8 Å². The van der Waals surface area contributed by atoms with Crippen LogP contribution in [0.1, 0.15) is 24.8 Å². The summed E-state index contributed by atoms with van der Waals surface area (Å²) in [6, 6.07) is 12.6. The van der Waals surface area contributed by atoms with E-state index in [9.17, 15) is 19.1 Å². The molecular formula is C27H30FIN2O5. The van der Waals surface area contributed by atoms with Gasteiger partial charge in [-0.15, -0.1) is 6.58 Å². The van der Waals surface area contributed by atoms with Crippen molar-refractivity contribution in [3.63, 3.8) is 0 Å². The fourth-order valence-electron chi connectivity index (χ4n) is 4.04. The highest BCUT2D eigenvalue weighted by atomic mass is 127. The number of para-hydroxylation sites is 1. The lowest BCUT2D eigenvalue weighted by Gasteiger charge is -2.40. The molecule has 9 heteroatoms. The lowest BCUT2D eigenvalue weighted by atomic mass is 9.87. The molecule has 36 heavy (non-hydrogen) atoms. The van der Waals surface area contributed by atoms with Crippen molar-refractivity contribution in [1.82, 2.24) is 10.2 Å². The van der Waals surface area contributed by atoms with Crippen molar-refractivity contribution in [3.8, 4) is 5.75 Å². The Bertz CT molecular complexity index is 1110. The highest BCUT2D eigenvalue weighted by Gasteiger charge is 2.40. The fourth-order valence-corrected chi connectivity index (χ4v) is 4.55. The molecule has 0 bridgehead atoms. The molecule has 192 valence electrons. The summed E-state index contributed by atoms with van der Waals surface area (Å²) in [6.45, 7) is 3.42. The Morgan fingerprint density at radius 3 is 2.64 bits per heavy atom. The van der Waals surface area contributed by atoms with Crippen molar-refractivity contribution < 1.29 is 28.9 Å². The Morgan fingerprint density at radius 2 is 1.94 bits per heavy atom. The average molecular weight is 608 g/mol. The Labute approximate surface area is 223 Å². The first-order valence-corrected chi connectivity index (χ1v) is 12.8. The second kappa shape index (κ2) is 13.5. The smallest absolute Gasteiger partial charge is 0.247 e. The molecule has 0 saturated heterocycles. The summed E-state index contributed by atoms with van der Waals surface area (Å²) in [6.07, 6.45) is 1.62.